The lowest BCUT2D eigenvalue weighted by Crippen LogP contribution is -2.38. The second-order valence-electron chi connectivity index (χ2n) is 5.66. The van der Waals surface area contributed by atoms with Gasteiger partial charge in [-0.2, -0.15) is 0 Å². The molecule has 1 aliphatic rings. The summed E-state index contributed by atoms with van der Waals surface area (Å²) in [5.41, 5.74) is 2.08. The summed E-state index contributed by atoms with van der Waals surface area (Å²) in [6.07, 6.45) is 0.659. The Balaban J connectivity index is 1.95. The van der Waals surface area contributed by atoms with Crippen molar-refractivity contribution in [2.45, 2.75) is 25.9 Å². The van der Waals surface area contributed by atoms with Crippen LogP contribution in [0.15, 0.2) is 48.5 Å². The molecule has 2 aromatic carbocycles. The smallest absolute Gasteiger partial charge is 0.272 e. The summed E-state index contributed by atoms with van der Waals surface area (Å²) in [7, 11) is 1.72. The minimum atomic E-state index is -0.647. The van der Waals surface area contributed by atoms with Gasteiger partial charge in [0.05, 0.1) is 5.69 Å². The van der Waals surface area contributed by atoms with Crippen molar-refractivity contribution in [3.05, 3.63) is 59.7 Å². The van der Waals surface area contributed by atoms with Crippen LogP contribution in [0.4, 0.5) is 5.69 Å². The molecule has 3 rings (SSSR count). The maximum absolute atomic E-state index is 12.6. The Morgan fingerprint density at radius 1 is 1.17 bits per heavy atom. The standard InChI is InChI=1S/C19H19NO3/c1-3-7-16(21)14-10-11-17-15(12-14)20(2)19(22)18(23-17)13-8-5-4-6-9-13/h4-6,8-12,18H,3,7H2,1-2H3. The molecule has 4 heteroatoms. The zero-order valence-corrected chi connectivity index (χ0v) is 13.3. The van der Waals surface area contributed by atoms with E-state index in [1.165, 1.54) is 0 Å². The molecule has 4 nitrogen and oxygen atoms in total. The van der Waals surface area contributed by atoms with E-state index in [0.29, 0.717) is 23.4 Å². The molecule has 0 fully saturated rings. The van der Waals surface area contributed by atoms with Crippen LogP contribution in [0.3, 0.4) is 0 Å². The zero-order chi connectivity index (χ0) is 16.4. The van der Waals surface area contributed by atoms with Gasteiger partial charge < -0.3 is 9.64 Å². The van der Waals surface area contributed by atoms with Gasteiger partial charge in [-0.25, -0.2) is 0 Å². The molecule has 1 unspecified atom stereocenters. The third-order valence-electron chi connectivity index (χ3n) is 4.02. The first kappa shape index (κ1) is 15.3. The number of carbonyl (C=O) groups is 2. The van der Waals surface area contributed by atoms with Gasteiger partial charge in [0, 0.05) is 24.6 Å². The normalized spacial score (nSPS) is 16.7. The quantitative estimate of drug-likeness (QED) is 0.808. The first-order valence-corrected chi connectivity index (χ1v) is 7.78. The van der Waals surface area contributed by atoms with E-state index < -0.39 is 6.10 Å². The number of nitrogens with zero attached hydrogens (tertiary/aromatic N) is 1. The van der Waals surface area contributed by atoms with Gasteiger partial charge in [-0.15, -0.1) is 0 Å². The minimum absolute atomic E-state index is 0.0846. The van der Waals surface area contributed by atoms with Gasteiger partial charge >= 0.3 is 0 Å². The van der Waals surface area contributed by atoms with Crippen molar-refractivity contribution >= 4 is 17.4 Å². The van der Waals surface area contributed by atoms with Crippen LogP contribution in [-0.2, 0) is 4.79 Å². The van der Waals surface area contributed by atoms with E-state index in [1.807, 2.05) is 37.3 Å². The molecular formula is C19H19NO3. The van der Waals surface area contributed by atoms with E-state index in [2.05, 4.69) is 0 Å². The van der Waals surface area contributed by atoms with Crippen LogP contribution in [0.1, 0.15) is 41.8 Å². The number of amides is 1. The predicted molar refractivity (Wildman–Crippen MR) is 88.9 cm³/mol. The molecule has 0 radical (unpaired) electrons. The number of fused-ring (bicyclic) bond motifs is 1. The second-order valence-corrected chi connectivity index (χ2v) is 5.66. The fourth-order valence-electron chi connectivity index (χ4n) is 2.73. The highest BCUT2D eigenvalue weighted by atomic mass is 16.5. The molecule has 118 valence electrons. The lowest BCUT2D eigenvalue weighted by molar-refractivity contribution is -0.126. The Labute approximate surface area is 135 Å². The molecule has 1 heterocycles. The van der Waals surface area contributed by atoms with Crippen LogP contribution < -0.4 is 9.64 Å². The molecule has 1 amide bonds. The topological polar surface area (TPSA) is 46.6 Å². The number of rotatable bonds is 4. The highest BCUT2D eigenvalue weighted by molar-refractivity contribution is 6.03. The number of carbonyl (C=O) groups excluding carboxylic acids is 2. The van der Waals surface area contributed by atoms with Crippen molar-refractivity contribution < 1.29 is 14.3 Å². The van der Waals surface area contributed by atoms with Gasteiger partial charge in [-0.05, 0) is 24.6 Å². The highest BCUT2D eigenvalue weighted by Crippen LogP contribution is 2.38. The van der Waals surface area contributed by atoms with Crippen molar-refractivity contribution in [3.8, 4) is 5.75 Å². The number of likely N-dealkylation sites (N-methyl/N-ethyl adjacent to an activating group) is 1. The molecule has 1 atom stereocenters. The first-order valence-electron chi connectivity index (χ1n) is 7.78. The van der Waals surface area contributed by atoms with E-state index in [0.717, 1.165) is 12.0 Å². The third kappa shape index (κ3) is 2.84. The van der Waals surface area contributed by atoms with Gasteiger partial charge in [0.1, 0.15) is 5.75 Å². The Bertz CT molecular complexity index is 740. The zero-order valence-electron chi connectivity index (χ0n) is 13.3. The average Bonchev–Trinajstić information content (AvgIpc) is 2.58. The van der Waals surface area contributed by atoms with Crippen molar-refractivity contribution in [2.24, 2.45) is 0 Å². The molecular weight excluding hydrogens is 290 g/mol. The maximum Gasteiger partial charge on any atom is 0.272 e. The molecule has 0 spiro atoms. The molecule has 0 aromatic heterocycles. The summed E-state index contributed by atoms with van der Waals surface area (Å²) in [5, 5.41) is 0. The fraction of sp³-hybridized carbons (Fsp3) is 0.263. The van der Waals surface area contributed by atoms with Crippen LogP contribution in [0.25, 0.3) is 0 Å². The number of ether oxygens (including phenoxy) is 1. The molecule has 0 saturated carbocycles. The summed E-state index contributed by atoms with van der Waals surface area (Å²) in [5.74, 6) is 0.569. The molecule has 0 saturated heterocycles. The van der Waals surface area contributed by atoms with Gasteiger partial charge in [0.25, 0.3) is 5.91 Å². The van der Waals surface area contributed by atoms with Crippen LogP contribution in [-0.4, -0.2) is 18.7 Å². The fourth-order valence-corrected chi connectivity index (χ4v) is 2.73. The summed E-state index contributed by atoms with van der Waals surface area (Å²) >= 11 is 0. The second kappa shape index (κ2) is 6.24. The third-order valence-corrected chi connectivity index (χ3v) is 4.02. The SMILES string of the molecule is CCCC(=O)c1ccc2c(c1)N(C)C(=O)C(c1ccccc1)O2. The van der Waals surface area contributed by atoms with Crippen molar-refractivity contribution in [3.63, 3.8) is 0 Å². The van der Waals surface area contributed by atoms with Crippen molar-refractivity contribution in [1.82, 2.24) is 0 Å². The summed E-state index contributed by atoms with van der Waals surface area (Å²) in [6.45, 7) is 1.97. The van der Waals surface area contributed by atoms with E-state index in [1.54, 1.807) is 30.1 Å². The lowest BCUT2D eigenvalue weighted by Gasteiger charge is -2.32. The summed E-state index contributed by atoms with van der Waals surface area (Å²) in [4.78, 5) is 26.2. The Kier molecular flexibility index (Phi) is 4.15. The van der Waals surface area contributed by atoms with Crippen LogP contribution >= 0.6 is 0 Å². The van der Waals surface area contributed by atoms with E-state index in [-0.39, 0.29) is 11.7 Å². The first-order chi connectivity index (χ1) is 11.1. The van der Waals surface area contributed by atoms with Crippen LogP contribution in [0, 0.1) is 0 Å². The average molecular weight is 309 g/mol. The van der Waals surface area contributed by atoms with Gasteiger partial charge in [0.2, 0.25) is 6.10 Å². The Hall–Kier alpha value is -2.62. The number of hydrogen-bond donors (Lipinski definition) is 0. The summed E-state index contributed by atoms with van der Waals surface area (Å²) in [6, 6.07) is 14.7. The van der Waals surface area contributed by atoms with E-state index in [9.17, 15) is 9.59 Å². The van der Waals surface area contributed by atoms with Crippen molar-refractivity contribution in [1.29, 1.82) is 0 Å². The van der Waals surface area contributed by atoms with Crippen molar-refractivity contribution in [2.75, 3.05) is 11.9 Å². The number of benzene rings is 2. The Morgan fingerprint density at radius 2 is 1.91 bits per heavy atom. The largest absolute Gasteiger partial charge is 0.474 e. The number of Topliss-reactive ketones (excluding diaryl/α,β-unsaturated/α-hetero) is 1. The predicted octanol–water partition coefficient (Wildman–Crippen LogP) is 3.77. The van der Waals surface area contributed by atoms with Gasteiger partial charge in [-0.3, -0.25) is 9.59 Å². The van der Waals surface area contributed by atoms with Gasteiger partial charge in [-0.1, -0.05) is 37.3 Å². The lowest BCUT2D eigenvalue weighted by atomic mass is 10.0. The highest BCUT2D eigenvalue weighted by Gasteiger charge is 2.33. The Morgan fingerprint density at radius 3 is 2.61 bits per heavy atom. The maximum atomic E-state index is 12.6. The molecule has 1 aliphatic heterocycles. The minimum Gasteiger partial charge on any atom is -0.474 e. The van der Waals surface area contributed by atoms with E-state index >= 15 is 0 Å². The van der Waals surface area contributed by atoms with Gasteiger partial charge in [0.15, 0.2) is 5.78 Å². The van der Waals surface area contributed by atoms with Crippen LogP contribution in [0.5, 0.6) is 5.75 Å². The molecule has 23 heavy (non-hydrogen) atoms. The van der Waals surface area contributed by atoms with E-state index in [4.69, 9.17) is 4.74 Å². The number of ketones is 1. The van der Waals surface area contributed by atoms with Crippen LogP contribution in [0.2, 0.25) is 0 Å². The number of hydrogen-bond acceptors (Lipinski definition) is 3. The molecule has 2 aromatic rings. The number of anilines is 1. The molecule has 0 bridgehead atoms. The molecule has 0 aliphatic carbocycles. The summed E-state index contributed by atoms with van der Waals surface area (Å²) < 4.78 is 5.89. The monoisotopic (exact) mass is 309 g/mol. The molecule has 0 N–H and O–H groups in total.